The largest absolute Gasteiger partial charge is 0.444 e. The summed E-state index contributed by atoms with van der Waals surface area (Å²) < 4.78 is 44.0. The fraction of sp³-hybridized carbons (Fsp3) is 0.500. The average Bonchev–Trinajstić information content (AvgIpc) is 2.59. The van der Waals surface area contributed by atoms with Crippen LogP contribution in [0.15, 0.2) is 24.3 Å². The Bertz CT molecular complexity index is 780. The Morgan fingerprint density at radius 2 is 1.83 bits per heavy atom. The molecule has 1 aliphatic rings. The predicted molar refractivity (Wildman–Crippen MR) is 104 cm³/mol. The zero-order valence-electron chi connectivity index (χ0n) is 16.5. The molecule has 2 amide bonds. The van der Waals surface area contributed by atoms with Gasteiger partial charge in [-0.05, 0) is 57.4 Å². The third-order valence-corrected chi connectivity index (χ3v) is 4.55. The molecule has 1 aromatic carbocycles. The van der Waals surface area contributed by atoms with Crippen molar-refractivity contribution in [2.45, 2.75) is 51.4 Å². The van der Waals surface area contributed by atoms with Crippen LogP contribution in [0.1, 0.15) is 44.7 Å². The molecule has 0 atom stereocenters. The van der Waals surface area contributed by atoms with Gasteiger partial charge in [-0.2, -0.15) is 13.2 Å². The van der Waals surface area contributed by atoms with Crippen LogP contribution in [-0.2, 0) is 15.7 Å². The fourth-order valence-corrected chi connectivity index (χ4v) is 3.04. The summed E-state index contributed by atoms with van der Waals surface area (Å²) in [6.07, 6.45) is -1.33. The molecule has 0 radical (unpaired) electrons. The molecule has 1 aliphatic heterocycles. The lowest BCUT2D eigenvalue weighted by atomic mass is 10.1. The van der Waals surface area contributed by atoms with Crippen LogP contribution in [0.25, 0.3) is 6.08 Å². The van der Waals surface area contributed by atoms with Crippen molar-refractivity contribution in [1.82, 2.24) is 10.2 Å². The molecule has 0 spiro atoms. The van der Waals surface area contributed by atoms with Gasteiger partial charge in [-0.3, -0.25) is 4.79 Å². The van der Waals surface area contributed by atoms with E-state index in [-0.39, 0.29) is 17.7 Å². The van der Waals surface area contributed by atoms with Gasteiger partial charge in [-0.1, -0.05) is 17.7 Å². The summed E-state index contributed by atoms with van der Waals surface area (Å²) in [6.45, 7) is 6.29. The van der Waals surface area contributed by atoms with E-state index in [9.17, 15) is 22.8 Å². The monoisotopic (exact) mass is 432 g/mol. The van der Waals surface area contributed by atoms with Crippen molar-refractivity contribution in [3.05, 3.63) is 40.4 Å². The Morgan fingerprint density at radius 3 is 2.38 bits per heavy atom. The maximum absolute atomic E-state index is 12.9. The normalized spacial score (nSPS) is 16.2. The van der Waals surface area contributed by atoms with Crippen molar-refractivity contribution >= 4 is 29.7 Å². The molecular formula is C20H24ClF3N2O3. The van der Waals surface area contributed by atoms with Gasteiger partial charge < -0.3 is 15.0 Å². The zero-order valence-corrected chi connectivity index (χ0v) is 17.2. The predicted octanol–water partition coefficient (Wildman–Crippen LogP) is 4.89. The molecule has 5 nitrogen and oxygen atoms in total. The van der Waals surface area contributed by atoms with E-state index in [1.165, 1.54) is 18.2 Å². The highest BCUT2D eigenvalue weighted by Gasteiger charge is 2.33. The SMILES string of the molecule is CC(C)(C)OC(=O)N1CCC(NC(=O)C=Cc2ccc(Cl)c(C(F)(F)F)c2)CC1. The highest BCUT2D eigenvalue weighted by Crippen LogP contribution is 2.35. The number of halogens is 4. The third kappa shape index (κ3) is 7.27. The van der Waals surface area contributed by atoms with Gasteiger partial charge in [0.15, 0.2) is 0 Å². The van der Waals surface area contributed by atoms with Crippen LogP contribution in [0.2, 0.25) is 5.02 Å². The molecule has 2 rings (SSSR count). The van der Waals surface area contributed by atoms with Gasteiger partial charge in [0.2, 0.25) is 5.91 Å². The summed E-state index contributed by atoms with van der Waals surface area (Å²) in [7, 11) is 0. The number of ether oxygens (including phenoxy) is 1. The van der Waals surface area contributed by atoms with E-state index in [1.807, 2.05) is 0 Å². The number of rotatable bonds is 3. The quantitative estimate of drug-likeness (QED) is 0.692. The maximum atomic E-state index is 12.9. The first-order valence-electron chi connectivity index (χ1n) is 9.18. The van der Waals surface area contributed by atoms with Crippen LogP contribution < -0.4 is 5.32 Å². The van der Waals surface area contributed by atoms with Crippen LogP contribution in [0.3, 0.4) is 0 Å². The van der Waals surface area contributed by atoms with Gasteiger partial charge in [-0.15, -0.1) is 0 Å². The number of benzene rings is 1. The minimum atomic E-state index is -4.56. The van der Waals surface area contributed by atoms with Crippen LogP contribution in [-0.4, -0.2) is 41.6 Å². The minimum Gasteiger partial charge on any atom is -0.444 e. The number of carbonyl (C=O) groups is 2. The number of hydrogen-bond donors (Lipinski definition) is 1. The van der Waals surface area contributed by atoms with E-state index in [0.717, 1.165) is 12.1 Å². The standard InChI is InChI=1S/C20H24ClF3N2O3/c1-19(2,3)29-18(28)26-10-8-14(9-11-26)25-17(27)7-5-13-4-6-16(21)15(12-13)20(22,23)24/h4-7,12,14H,8-11H2,1-3H3,(H,25,27). The molecule has 1 aromatic rings. The molecule has 160 valence electrons. The number of likely N-dealkylation sites (tertiary alicyclic amines) is 1. The maximum Gasteiger partial charge on any atom is 0.417 e. The van der Waals surface area contributed by atoms with E-state index in [2.05, 4.69) is 5.32 Å². The van der Waals surface area contributed by atoms with Gasteiger partial charge in [-0.25, -0.2) is 4.79 Å². The smallest absolute Gasteiger partial charge is 0.417 e. The van der Waals surface area contributed by atoms with Gasteiger partial charge in [0.05, 0.1) is 10.6 Å². The molecular weight excluding hydrogens is 409 g/mol. The lowest BCUT2D eigenvalue weighted by Crippen LogP contribution is -2.47. The van der Waals surface area contributed by atoms with Crippen molar-refractivity contribution in [2.75, 3.05) is 13.1 Å². The second-order valence-corrected chi connectivity index (χ2v) is 8.23. The van der Waals surface area contributed by atoms with Crippen LogP contribution in [0.5, 0.6) is 0 Å². The molecule has 1 fully saturated rings. The number of hydrogen-bond acceptors (Lipinski definition) is 3. The number of amides is 2. The molecule has 29 heavy (non-hydrogen) atoms. The van der Waals surface area contributed by atoms with E-state index in [4.69, 9.17) is 16.3 Å². The van der Waals surface area contributed by atoms with Gasteiger partial charge in [0.25, 0.3) is 0 Å². The first kappa shape index (κ1) is 23.1. The highest BCUT2D eigenvalue weighted by atomic mass is 35.5. The highest BCUT2D eigenvalue weighted by molar-refractivity contribution is 6.31. The topological polar surface area (TPSA) is 58.6 Å². The van der Waals surface area contributed by atoms with Crippen LogP contribution >= 0.6 is 11.6 Å². The van der Waals surface area contributed by atoms with Crippen molar-refractivity contribution < 1.29 is 27.5 Å². The zero-order chi connectivity index (χ0) is 21.8. The van der Waals surface area contributed by atoms with E-state index in [1.54, 1.807) is 25.7 Å². The van der Waals surface area contributed by atoms with E-state index in [0.29, 0.717) is 25.9 Å². The molecule has 0 bridgehead atoms. The average molecular weight is 433 g/mol. The summed E-state index contributed by atoms with van der Waals surface area (Å²) in [5.74, 6) is -0.413. The van der Waals surface area contributed by atoms with Gasteiger partial charge >= 0.3 is 12.3 Å². The molecule has 1 saturated heterocycles. The lowest BCUT2D eigenvalue weighted by molar-refractivity contribution is -0.137. The van der Waals surface area contributed by atoms with Crippen molar-refractivity contribution in [2.24, 2.45) is 0 Å². The van der Waals surface area contributed by atoms with E-state index < -0.39 is 28.3 Å². The molecule has 0 aliphatic carbocycles. The second kappa shape index (κ2) is 9.07. The van der Waals surface area contributed by atoms with Crippen molar-refractivity contribution in [1.29, 1.82) is 0 Å². The fourth-order valence-electron chi connectivity index (χ4n) is 2.82. The lowest BCUT2D eigenvalue weighted by Gasteiger charge is -2.33. The Morgan fingerprint density at radius 1 is 1.21 bits per heavy atom. The Hall–Kier alpha value is -2.22. The van der Waals surface area contributed by atoms with Crippen LogP contribution in [0.4, 0.5) is 18.0 Å². The third-order valence-electron chi connectivity index (χ3n) is 4.22. The molecule has 0 aromatic heterocycles. The number of nitrogens with zero attached hydrogens (tertiary/aromatic N) is 1. The van der Waals surface area contributed by atoms with Crippen LogP contribution in [0, 0.1) is 0 Å². The first-order chi connectivity index (χ1) is 13.3. The number of piperidine rings is 1. The van der Waals surface area contributed by atoms with Crippen molar-refractivity contribution in [3.63, 3.8) is 0 Å². The summed E-state index contributed by atoms with van der Waals surface area (Å²) in [4.78, 5) is 25.7. The van der Waals surface area contributed by atoms with Gasteiger partial charge in [0, 0.05) is 25.2 Å². The van der Waals surface area contributed by atoms with Gasteiger partial charge in [0.1, 0.15) is 5.60 Å². The Kier molecular flexibility index (Phi) is 7.21. The number of carbonyl (C=O) groups excluding carboxylic acids is 2. The summed E-state index contributed by atoms with van der Waals surface area (Å²) in [5, 5.41) is 2.41. The summed E-state index contributed by atoms with van der Waals surface area (Å²) in [5.41, 5.74) is -1.30. The molecule has 1 N–H and O–H groups in total. The Balaban J connectivity index is 1.87. The molecule has 0 unspecified atom stereocenters. The molecule has 9 heteroatoms. The van der Waals surface area contributed by atoms with E-state index >= 15 is 0 Å². The number of nitrogens with one attached hydrogen (secondary N) is 1. The number of alkyl halides is 3. The summed E-state index contributed by atoms with van der Waals surface area (Å²) in [6, 6.07) is 3.32. The minimum absolute atomic E-state index is 0.123. The molecule has 0 saturated carbocycles. The Labute approximate surface area is 172 Å². The first-order valence-corrected chi connectivity index (χ1v) is 9.56. The van der Waals surface area contributed by atoms with Crippen molar-refractivity contribution in [3.8, 4) is 0 Å². The second-order valence-electron chi connectivity index (χ2n) is 7.82. The summed E-state index contributed by atoms with van der Waals surface area (Å²) >= 11 is 5.58. The molecule has 1 heterocycles.